The average Bonchev–Trinajstić information content (AvgIpc) is 2.38. The molecule has 2 rings (SSSR count). The summed E-state index contributed by atoms with van der Waals surface area (Å²) < 4.78 is 5.44. The van der Waals surface area contributed by atoms with Crippen molar-refractivity contribution < 1.29 is 9.53 Å². The number of hydrogen-bond acceptors (Lipinski definition) is 3. The Kier molecular flexibility index (Phi) is 4.37. The van der Waals surface area contributed by atoms with E-state index < -0.39 is 0 Å². The van der Waals surface area contributed by atoms with E-state index in [1.807, 2.05) is 19.1 Å². The summed E-state index contributed by atoms with van der Waals surface area (Å²) in [4.78, 5) is 12.0. The lowest BCUT2D eigenvalue weighted by atomic mass is 9.96. The molecule has 1 heterocycles. The molecule has 0 bridgehead atoms. The summed E-state index contributed by atoms with van der Waals surface area (Å²) in [5.41, 5.74) is 2.53. The third kappa shape index (κ3) is 3.10. The van der Waals surface area contributed by atoms with Crippen molar-refractivity contribution in [1.29, 1.82) is 0 Å². The number of nitrogens with one attached hydrogen (secondary N) is 1. The smallest absolute Gasteiger partial charge is 0.323 e. The van der Waals surface area contributed by atoms with E-state index in [2.05, 4.69) is 24.4 Å². The molecule has 3 heteroatoms. The number of hydrogen-bond donors (Lipinski definition) is 1. The standard InChI is InChI=1S/C15H21NO2/c1-3-6-11(2)18-15(17)14-9-12-7-4-5-8-13(12)10-16-14/h4-5,7-8,11,14,16H,3,6,9-10H2,1-2H3/t11?,14-/m1/s1. The van der Waals surface area contributed by atoms with Crippen molar-refractivity contribution in [2.24, 2.45) is 0 Å². The van der Waals surface area contributed by atoms with Gasteiger partial charge in [0.25, 0.3) is 0 Å². The van der Waals surface area contributed by atoms with Crippen LogP contribution in [0.25, 0.3) is 0 Å². The fraction of sp³-hybridized carbons (Fsp3) is 0.533. The third-order valence-corrected chi connectivity index (χ3v) is 3.38. The molecule has 1 aliphatic rings. The second-order valence-corrected chi connectivity index (χ2v) is 4.94. The molecule has 0 radical (unpaired) electrons. The Morgan fingerprint density at radius 2 is 2.17 bits per heavy atom. The Bertz CT molecular complexity index is 417. The van der Waals surface area contributed by atoms with Gasteiger partial charge in [-0.3, -0.25) is 4.79 Å². The molecule has 2 atom stereocenters. The first-order valence-electron chi connectivity index (χ1n) is 6.71. The lowest BCUT2D eigenvalue weighted by Gasteiger charge is -2.25. The fourth-order valence-corrected chi connectivity index (χ4v) is 2.37. The van der Waals surface area contributed by atoms with Gasteiger partial charge in [0.2, 0.25) is 0 Å². The van der Waals surface area contributed by atoms with Gasteiger partial charge in [-0.05, 0) is 30.9 Å². The van der Waals surface area contributed by atoms with Crippen LogP contribution in [-0.2, 0) is 22.5 Å². The van der Waals surface area contributed by atoms with Gasteiger partial charge in [0.1, 0.15) is 6.04 Å². The van der Waals surface area contributed by atoms with Gasteiger partial charge in [0.05, 0.1) is 6.10 Å². The number of fused-ring (bicyclic) bond motifs is 1. The van der Waals surface area contributed by atoms with Crippen molar-refractivity contribution in [2.45, 2.75) is 51.8 Å². The maximum atomic E-state index is 12.0. The van der Waals surface area contributed by atoms with E-state index in [0.717, 1.165) is 25.8 Å². The van der Waals surface area contributed by atoms with Crippen LogP contribution in [0.1, 0.15) is 37.8 Å². The Hall–Kier alpha value is -1.35. The minimum absolute atomic E-state index is 0.0153. The van der Waals surface area contributed by atoms with Gasteiger partial charge in [-0.1, -0.05) is 37.6 Å². The van der Waals surface area contributed by atoms with Crippen LogP contribution >= 0.6 is 0 Å². The molecule has 1 aromatic rings. The lowest BCUT2D eigenvalue weighted by Crippen LogP contribution is -2.43. The summed E-state index contributed by atoms with van der Waals surface area (Å²) in [6.45, 7) is 4.80. The van der Waals surface area contributed by atoms with Crippen LogP contribution in [0.5, 0.6) is 0 Å². The van der Waals surface area contributed by atoms with Gasteiger partial charge in [-0.2, -0.15) is 0 Å². The number of ether oxygens (including phenoxy) is 1. The highest BCUT2D eigenvalue weighted by atomic mass is 16.5. The van der Waals surface area contributed by atoms with Crippen LogP contribution in [0.15, 0.2) is 24.3 Å². The van der Waals surface area contributed by atoms with Crippen LogP contribution in [-0.4, -0.2) is 18.1 Å². The zero-order valence-electron chi connectivity index (χ0n) is 11.1. The molecular formula is C15H21NO2. The molecule has 0 aromatic heterocycles. The third-order valence-electron chi connectivity index (χ3n) is 3.38. The van der Waals surface area contributed by atoms with Gasteiger partial charge >= 0.3 is 5.97 Å². The maximum absolute atomic E-state index is 12.0. The van der Waals surface area contributed by atoms with Crippen molar-refractivity contribution in [2.75, 3.05) is 0 Å². The van der Waals surface area contributed by atoms with Gasteiger partial charge in [0.15, 0.2) is 0 Å². The highest BCUT2D eigenvalue weighted by Gasteiger charge is 2.26. The van der Waals surface area contributed by atoms with Crippen LogP contribution < -0.4 is 5.32 Å². The number of carbonyl (C=O) groups is 1. The topological polar surface area (TPSA) is 38.3 Å². The molecule has 1 N–H and O–H groups in total. The van der Waals surface area contributed by atoms with E-state index in [-0.39, 0.29) is 18.1 Å². The molecule has 3 nitrogen and oxygen atoms in total. The summed E-state index contributed by atoms with van der Waals surface area (Å²) in [5.74, 6) is -0.120. The molecule has 0 amide bonds. The molecule has 0 saturated carbocycles. The van der Waals surface area contributed by atoms with Crippen LogP contribution in [0.4, 0.5) is 0 Å². The molecule has 1 aliphatic heterocycles. The molecule has 0 fully saturated rings. The SMILES string of the molecule is CCCC(C)OC(=O)[C@H]1Cc2ccccc2CN1. The van der Waals surface area contributed by atoms with Gasteiger partial charge < -0.3 is 10.1 Å². The average molecular weight is 247 g/mol. The quantitative estimate of drug-likeness (QED) is 0.830. The molecule has 0 aliphatic carbocycles. The first kappa shape index (κ1) is 13.1. The Morgan fingerprint density at radius 3 is 2.89 bits per heavy atom. The van der Waals surface area contributed by atoms with Crippen molar-refractivity contribution in [1.82, 2.24) is 5.32 Å². The zero-order chi connectivity index (χ0) is 13.0. The predicted octanol–water partition coefficient (Wildman–Crippen LogP) is 2.43. The summed E-state index contributed by atoms with van der Waals surface area (Å²) >= 11 is 0. The van der Waals surface area contributed by atoms with Crippen LogP contribution in [0, 0.1) is 0 Å². The molecule has 1 unspecified atom stereocenters. The summed E-state index contributed by atoms with van der Waals surface area (Å²) in [7, 11) is 0. The first-order valence-corrected chi connectivity index (χ1v) is 6.71. The highest BCUT2D eigenvalue weighted by molar-refractivity contribution is 5.76. The summed E-state index contributed by atoms with van der Waals surface area (Å²) in [6, 6.07) is 8.05. The molecule has 0 spiro atoms. The monoisotopic (exact) mass is 247 g/mol. The van der Waals surface area contributed by atoms with Crippen molar-refractivity contribution >= 4 is 5.97 Å². The molecule has 1 aromatic carbocycles. The molecule has 18 heavy (non-hydrogen) atoms. The largest absolute Gasteiger partial charge is 0.462 e. The van der Waals surface area contributed by atoms with Crippen molar-refractivity contribution in [3.05, 3.63) is 35.4 Å². The minimum atomic E-state index is -0.195. The number of esters is 1. The second kappa shape index (κ2) is 6.01. The van der Waals surface area contributed by atoms with E-state index in [1.54, 1.807) is 0 Å². The van der Waals surface area contributed by atoms with Crippen molar-refractivity contribution in [3.63, 3.8) is 0 Å². The summed E-state index contributed by atoms with van der Waals surface area (Å²) in [6.07, 6.45) is 2.71. The van der Waals surface area contributed by atoms with E-state index in [1.165, 1.54) is 11.1 Å². The first-order chi connectivity index (χ1) is 8.70. The Balaban J connectivity index is 1.94. The maximum Gasteiger partial charge on any atom is 0.323 e. The predicted molar refractivity (Wildman–Crippen MR) is 71.2 cm³/mol. The molecule has 98 valence electrons. The van der Waals surface area contributed by atoms with E-state index >= 15 is 0 Å². The van der Waals surface area contributed by atoms with Gasteiger partial charge in [0, 0.05) is 6.54 Å². The normalized spacial score (nSPS) is 20.0. The molecule has 0 saturated heterocycles. The van der Waals surface area contributed by atoms with E-state index in [4.69, 9.17) is 4.74 Å². The molecular weight excluding hydrogens is 226 g/mol. The number of rotatable bonds is 4. The lowest BCUT2D eigenvalue weighted by molar-refractivity contribution is -0.151. The fourth-order valence-electron chi connectivity index (χ4n) is 2.37. The Labute approximate surface area is 109 Å². The second-order valence-electron chi connectivity index (χ2n) is 4.94. The number of benzene rings is 1. The highest BCUT2D eigenvalue weighted by Crippen LogP contribution is 2.17. The van der Waals surface area contributed by atoms with E-state index in [0.29, 0.717) is 0 Å². The van der Waals surface area contributed by atoms with E-state index in [9.17, 15) is 4.79 Å². The van der Waals surface area contributed by atoms with Gasteiger partial charge in [-0.25, -0.2) is 0 Å². The minimum Gasteiger partial charge on any atom is -0.462 e. The van der Waals surface area contributed by atoms with Crippen LogP contribution in [0.3, 0.4) is 0 Å². The Morgan fingerprint density at radius 1 is 1.44 bits per heavy atom. The van der Waals surface area contributed by atoms with Gasteiger partial charge in [-0.15, -0.1) is 0 Å². The number of carbonyl (C=O) groups excluding carboxylic acids is 1. The zero-order valence-corrected chi connectivity index (χ0v) is 11.1. The van der Waals surface area contributed by atoms with Crippen molar-refractivity contribution in [3.8, 4) is 0 Å². The summed E-state index contributed by atoms with van der Waals surface area (Å²) in [5, 5.41) is 3.25. The van der Waals surface area contributed by atoms with Crippen LogP contribution in [0.2, 0.25) is 0 Å².